The molecule has 1 saturated heterocycles. The molecule has 7 heteroatoms. The summed E-state index contributed by atoms with van der Waals surface area (Å²) in [6.45, 7) is 6.67. The van der Waals surface area contributed by atoms with Gasteiger partial charge in [0.05, 0.1) is 6.54 Å². The maximum absolute atomic E-state index is 11.6. The first-order chi connectivity index (χ1) is 14.5. The second kappa shape index (κ2) is 6.97. The maximum Gasteiger partial charge on any atom is 0.274 e. The van der Waals surface area contributed by atoms with E-state index in [4.69, 9.17) is 17.4 Å². The SMILES string of the molecule is C=C1[C@@H]2CN(Cc3c2c2ccccc2n3Cc2ccc(C(=O)NO)cc2)C(=S)N1C. The zero-order chi connectivity index (χ0) is 21.0. The Bertz CT molecular complexity index is 1200. The first-order valence-electron chi connectivity index (χ1n) is 9.84. The molecule has 2 aromatic carbocycles. The number of aromatic nitrogens is 1. The summed E-state index contributed by atoms with van der Waals surface area (Å²) in [5.41, 5.74) is 8.02. The van der Waals surface area contributed by atoms with E-state index in [1.165, 1.54) is 22.2 Å². The number of para-hydroxylation sites is 1. The van der Waals surface area contributed by atoms with Crippen molar-refractivity contribution in [2.75, 3.05) is 13.6 Å². The lowest BCUT2D eigenvalue weighted by atomic mass is 9.87. The summed E-state index contributed by atoms with van der Waals surface area (Å²) in [4.78, 5) is 15.9. The summed E-state index contributed by atoms with van der Waals surface area (Å²) in [5.74, 6) is -0.297. The van der Waals surface area contributed by atoms with E-state index in [9.17, 15) is 4.79 Å². The Morgan fingerprint density at radius 2 is 1.97 bits per heavy atom. The summed E-state index contributed by atoms with van der Waals surface area (Å²) in [7, 11) is 2.00. The molecule has 0 saturated carbocycles. The van der Waals surface area contributed by atoms with Crippen LogP contribution < -0.4 is 5.48 Å². The van der Waals surface area contributed by atoms with Crippen molar-refractivity contribution >= 4 is 34.1 Å². The minimum atomic E-state index is -0.512. The number of benzene rings is 2. The van der Waals surface area contributed by atoms with E-state index < -0.39 is 5.91 Å². The summed E-state index contributed by atoms with van der Waals surface area (Å²) in [6.07, 6.45) is 0. The highest BCUT2D eigenvalue weighted by atomic mass is 32.1. The molecule has 0 unspecified atom stereocenters. The third-order valence-corrected chi connectivity index (χ3v) is 6.79. The molecule has 0 aliphatic carbocycles. The average molecular weight is 419 g/mol. The predicted molar refractivity (Wildman–Crippen MR) is 119 cm³/mol. The van der Waals surface area contributed by atoms with E-state index >= 15 is 0 Å². The van der Waals surface area contributed by atoms with E-state index in [0.717, 1.165) is 29.5 Å². The van der Waals surface area contributed by atoms with Gasteiger partial charge in [0.1, 0.15) is 0 Å². The van der Waals surface area contributed by atoms with Crippen LogP contribution in [0, 0.1) is 0 Å². The Hall–Kier alpha value is -3.16. The van der Waals surface area contributed by atoms with Gasteiger partial charge in [0.25, 0.3) is 5.91 Å². The molecule has 1 amide bonds. The van der Waals surface area contributed by atoms with Gasteiger partial charge in [-0.15, -0.1) is 0 Å². The lowest BCUT2D eigenvalue weighted by Crippen LogP contribution is -2.51. The normalized spacial score (nSPS) is 18.0. The molecular formula is C23H22N4O2S. The van der Waals surface area contributed by atoms with Crippen LogP contribution >= 0.6 is 12.2 Å². The van der Waals surface area contributed by atoms with Crippen molar-refractivity contribution in [1.29, 1.82) is 0 Å². The fourth-order valence-corrected chi connectivity index (χ4v) is 4.93. The Kier molecular flexibility index (Phi) is 4.38. The van der Waals surface area contributed by atoms with Crippen LogP contribution in [0.25, 0.3) is 10.9 Å². The van der Waals surface area contributed by atoms with Crippen molar-refractivity contribution in [3.05, 3.63) is 83.2 Å². The molecule has 0 radical (unpaired) electrons. The number of hydroxylamine groups is 1. The van der Waals surface area contributed by atoms with Gasteiger partial charge < -0.3 is 14.4 Å². The van der Waals surface area contributed by atoms with Crippen molar-refractivity contribution in [3.8, 4) is 0 Å². The fourth-order valence-electron chi connectivity index (χ4n) is 4.68. The van der Waals surface area contributed by atoms with Gasteiger partial charge >= 0.3 is 0 Å². The highest BCUT2D eigenvalue weighted by Gasteiger charge is 2.39. The summed E-state index contributed by atoms with van der Waals surface area (Å²) >= 11 is 5.67. The third kappa shape index (κ3) is 2.74. The highest BCUT2D eigenvalue weighted by Crippen LogP contribution is 2.43. The zero-order valence-corrected chi connectivity index (χ0v) is 17.4. The van der Waals surface area contributed by atoms with Crippen LogP contribution in [0.5, 0.6) is 0 Å². The van der Waals surface area contributed by atoms with Gasteiger partial charge in [0, 0.05) is 53.9 Å². The van der Waals surface area contributed by atoms with Crippen LogP contribution in [0.1, 0.15) is 33.1 Å². The molecule has 2 aliphatic rings. The van der Waals surface area contributed by atoms with E-state index in [1.807, 2.05) is 24.1 Å². The Morgan fingerprint density at radius 1 is 1.23 bits per heavy atom. The van der Waals surface area contributed by atoms with E-state index in [2.05, 4.69) is 40.3 Å². The quantitative estimate of drug-likeness (QED) is 0.388. The topological polar surface area (TPSA) is 60.7 Å². The fraction of sp³-hybridized carbons (Fsp3) is 0.217. The van der Waals surface area contributed by atoms with Crippen molar-refractivity contribution in [2.24, 2.45) is 0 Å². The lowest BCUT2D eigenvalue weighted by Gasteiger charge is -2.46. The number of thiocarbonyl (C=S) groups is 1. The number of nitrogens with one attached hydrogen (secondary N) is 1. The predicted octanol–water partition coefficient (Wildman–Crippen LogP) is 3.45. The van der Waals surface area contributed by atoms with Crippen LogP contribution in [-0.4, -0.2) is 44.2 Å². The first kappa shape index (κ1) is 18.8. The van der Waals surface area contributed by atoms with Crippen LogP contribution in [0.3, 0.4) is 0 Å². The summed E-state index contributed by atoms with van der Waals surface area (Å²) in [6, 6.07) is 15.8. The van der Waals surface area contributed by atoms with Gasteiger partial charge in [-0.1, -0.05) is 36.9 Å². The molecule has 0 spiro atoms. The van der Waals surface area contributed by atoms with Crippen LogP contribution in [0.4, 0.5) is 0 Å². The minimum absolute atomic E-state index is 0.215. The number of rotatable bonds is 3. The second-order valence-electron chi connectivity index (χ2n) is 7.87. The molecular weight excluding hydrogens is 396 g/mol. The van der Waals surface area contributed by atoms with E-state index in [0.29, 0.717) is 12.1 Å². The average Bonchev–Trinajstić information content (AvgIpc) is 3.09. The number of carbonyl (C=O) groups is 1. The standard InChI is InChI=1S/C23H22N4O2S/c1-14-18-12-26(23(30)25(14)2)13-20-21(18)17-5-3-4-6-19(17)27(20)11-15-7-9-16(10-8-15)22(28)24-29/h3-10,18,29H,1,11-13H2,2H3,(H,24,28)/t18-/m0/s1. The van der Waals surface area contributed by atoms with Gasteiger partial charge in [-0.3, -0.25) is 10.0 Å². The molecule has 1 fully saturated rings. The molecule has 1 atom stereocenters. The molecule has 2 N–H and O–H groups in total. The summed E-state index contributed by atoms with van der Waals surface area (Å²) in [5, 5.41) is 10.9. The number of carbonyl (C=O) groups excluding carboxylic acids is 1. The maximum atomic E-state index is 11.6. The van der Waals surface area contributed by atoms with Crippen molar-refractivity contribution in [1.82, 2.24) is 19.8 Å². The molecule has 152 valence electrons. The first-order valence-corrected chi connectivity index (χ1v) is 10.2. The Morgan fingerprint density at radius 3 is 2.70 bits per heavy atom. The van der Waals surface area contributed by atoms with E-state index in [1.54, 1.807) is 17.6 Å². The van der Waals surface area contributed by atoms with Gasteiger partial charge in [0.15, 0.2) is 5.11 Å². The van der Waals surface area contributed by atoms with Gasteiger partial charge in [0.2, 0.25) is 0 Å². The van der Waals surface area contributed by atoms with Crippen molar-refractivity contribution < 1.29 is 10.0 Å². The van der Waals surface area contributed by atoms with E-state index in [-0.39, 0.29) is 5.92 Å². The number of likely N-dealkylation sites (N-methyl/N-ethyl adjacent to an activating group) is 1. The molecule has 1 aromatic heterocycles. The number of nitrogens with zero attached hydrogens (tertiary/aromatic N) is 3. The van der Waals surface area contributed by atoms with Gasteiger partial charge in [-0.05, 0) is 41.5 Å². The molecule has 30 heavy (non-hydrogen) atoms. The number of hydrogen-bond donors (Lipinski definition) is 2. The monoisotopic (exact) mass is 418 g/mol. The van der Waals surface area contributed by atoms with Crippen molar-refractivity contribution in [3.63, 3.8) is 0 Å². The lowest BCUT2D eigenvalue weighted by molar-refractivity contribution is 0.0706. The number of fused-ring (bicyclic) bond motifs is 6. The summed E-state index contributed by atoms with van der Waals surface area (Å²) < 4.78 is 2.35. The van der Waals surface area contributed by atoms with Gasteiger partial charge in [-0.2, -0.15) is 0 Å². The Balaban J connectivity index is 1.62. The van der Waals surface area contributed by atoms with Crippen LogP contribution in [0.15, 0.2) is 60.8 Å². The van der Waals surface area contributed by atoms with Crippen LogP contribution in [0.2, 0.25) is 0 Å². The smallest absolute Gasteiger partial charge is 0.274 e. The molecule has 3 heterocycles. The second-order valence-corrected chi connectivity index (χ2v) is 8.23. The molecule has 2 bridgehead atoms. The number of hydrogen-bond acceptors (Lipinski definition) is 3. The molecule has 2 aliphatic heterocycles. The minimum Gasteiger partial charge on any atom is -0.342 e. The third-order valence-electron chi connectivity index (χ3n) is 6.26. The largest absolute Gasteiger partial charge is 0.342 e. The molecule has 3 aromatic rings. The highest BCUT2D eigenvalue weighted by molar-refractivity contribution is 7.80. The molecule has 6 nitrogen and oxygen atoms in total. The van der Waals surface area contributed by atoms with Crippen LogP contribution in [-0.2, 0) is 13.1 Å². The van der Waals surface area contributed by atoms with Gasteiger partial charge in [-0.25, -0.2) is 5.48 Å². The van der Waals surface area contributed by atoms with Crippen molar-refractivity contribution in [2.45, 2.75) is 19.0 Å². The zero-order valence-electron chi connectivity index (χ0n) is 16.6. The Labute approximate surface area is 180 Å². The number of amides is 1. The molecule has 5 rings (SSSR count).